The molecule has 0 fully saturated rings. The van der Waals surface area contributed by atoms with Crippen molar-refractivity contribution in [3.05, 3.63) is 54.4 Å². The molecule has 0 spiro atoms. The second-order valence-corrected chi connectivity index (χ2v) is 4.50. The molecule has 0 radical (unpaired) electrons. The topological polar surface area (TPSA) is 69.8 Å². The first-order chi connectivity index (χ1) is 9.70. The Bertz CT molecular complexity index is 749. The maximum atomic E-state index is 11.9. The first kappa shape index (κ1) is 12.2. The minimum atomic E-state index is -0.271. The molecule has 0 aliphatic carbocycles. The zero-order valence-corrected chi connectivity index (χ0v) is 11.0. The lowest BCUT2D eigenvalue weighted by atomic mass is 10.3. The zero-order chi connectivity index (χ0) is 13.9. The predicted molar refractivity (Wildman–Crippen MR) is 79.9 cm³/mol. The van der Waals surface area contributed by atoms with Crippen LogP contribution in [0.4, 0.5) is 16.2 Å². The Labute approximate surface area is 116 Å². The average Bonchev–Trinajstić information content (AvgIpc) is 2.79. The number of amides is 2. The summed E-state index contributed by atoms with van der Waals surface area (Å²) in [5.41, 5.74) is 3.26. The van der Waals surface area contributed by atoms with Crippen molar-refractivity contribution in [2.75, 3.05) is 10.6 Å². The number of nitrogens with one attached hydrogen (secondary N) is 3. The number of nitrogens with zero attached hydrogens (tertiary/aromatic N) is 1. The molecule has 1 heterocycles. The molecule has 0 aliphatic heterocycles. The van der Waals surface area contributed by atoms with E-state index in [-0.39, 0.29) is 6.03 Å². The number of rotatable bonds is 2. The molecule has 0 saturated carbocycles. The Balaban J connectivity index is 1.74. The summed E-state index contributed by atoms with van der Waals surface area (Å²) in [6.07, 6.45) is 0. The molecular weight excluding hydrogens is 252 g/mol. The van der Waals surface area contributed by atoms with Gasteiger partial charge < -0.3 is 15.6 Å². The van der Waals surface area contributed by atoms with E-state index in [1.165, 1.54) is 0 Å². The maximum Gasteiger partial charge on any atom is 0.323 e. The summed E-state index contributed by atoms with van der Waals surface area (Å²) in [6.45, 7) is 1.90. The van der Waals surface area contributed by atoms with E-state index >= 15 is 0 Å². The van der Waals surface area contributed by atoms with Crippen LogP contribution in [0.15, 0.2) is 48.5 Å². The van der Waals surface area contributed by atoms with Crippen LogP contribution in [0.3, 0.4) is 0 Å². The quantitative estimate of drug-likeness (QED) is 0.664. The fourth-order valence-corrected chi connectivity index (χ4v) is 2.03. The summed E-state index contributed by atoms with van der Waals surface area (Å²) in [5, 5.41) is 5.56. The molecule has 20 heavy (non-hydrogen) atoms. The van der Waals surface area contributed by atoms with Gasteiger partial charge in [-0.3, -0.25) is 0 Å². The predicted octanol–water partition coefficient (Wildman–Crippen LogP) is 3.52. The SMILES string of the molecule is Cc1nc2ccc(NC(=O)Nc3ccccc3)cc2[nH]1. The molecule has 1 aromatic heterocycles. The third-order valence-corrected chi connectivity index (χ3v) is 2.89. The molecule has 0 atom stereocenters. The smallest absolute Gasteiger partial charge is 0.323 e. The van der Waals surface area contributed by atoms with Gasteiger partial charge in [0.05, 0.1) is 11.0 Å². The van der Waals surface area contributed by atoms with Gasteiger partial charge in [0.2, 0.25) is 0 Å². The Kier molecular flexibility index (Phi) is 3.09. The molecular formula is C15H14N4O. The van der Waals surface area contributed by atoms with E-state index in [4.69, 9.17) is 0 Å². The third-order valence-electron chi connectivity index (χ3n) is 2.89. The first-order valence-corrected chi connectivity index (χ1v) is 6.30. The Morgan fingerprint density at radius 1 is 1.05 bits per heavy atom. The van der Waals surface area contributed by atoms with Crippen molar-refractivity contribution in [2.24, 2.45) is 0 Å². The van der Waals surface area contributed by atoms with Crippen LogP contribution in [0, 0.1) is 6.92 Å². The van der Waals surface area contributed by atoms with Crippen LogP contribution in [0.1, 0.15) is 5.82 Å². The third kappa shape index (κ3) is 2.61. The summed E-state index contributed by atoms with van der Waals surface area (Å²) < 4.78 is 0. The highest BCUT2D eigenvalue weighted by Crippen LogP contribution is 2.17. The molecule has 3 N–H and O–H groups in total. The summed E-state index contributed by atoms with van der Waals surface area (Å²) in [5.74, 6) is 0.853. The number of H-pyrrole nitrogens is 1. The van der Waals surface area contributed by atoms with Crippen molar-refractivity contribution in [3.8, 4) is 0 Å². The number of benzene rings is 2. The first-order valence-electron chi connectivity index (χ1n) is 6.30. The monoisotopic (exact) mass is 266 g/mol. The van der Waals surface area contributed by atoms with Crippen LogP contribution in [-0.2, 0) is 0 Å². The van der Waals surface area contributed by atoms with Crippen molar-refractivity contribution in [2.45, 2.75) is 6.92 Å². The molecule has 0 saturated heterocycles. The van der Waals surface area contributed by atoms with E-state index in [0.29, 0.717) is 0 Å². The van der Waals surface area contributed by atoms with Crippen LogP contribution in [-0.4, -0.2) is 16.0 Å². The lowest BCUT2D eigenvalue weighted by molar-refractivity contribution is 0.262. The number of anilines is 2. The van der Waals surface area contributed by atoms with Gasteiger partial charge in [-0.05, 0) is 37.3 Å². The highest BCUT2D eigenvalue weighted by atomic mass is 16.2. The second kappa shape index (κ2) is 5.05. The molecule has 2 amide bonds. The highest BCUT2D eigenvalue weighted by Gasteiger charge is 2.04. The Morgan fingerprint density at radius 2 is 1.80 bits per heavy atom. The van der Waals surface area contributed by atoms with Crippen LogP contribution in [0.2, 0.25) is 0 Å². The van der Waals surface area contributed by atoms with Crippen LogP contribution in [0.5, 0.6) is 0 Å². The molecule has 0 bridgehead atoms. The van der Waals surface area contributed by atoms with Crippen molar-refractivity contribution >= 4 is 28.4 Å². The van der Waals surface area contributed by atoms with Gasteiger partial charge in [0.15, 0.2) is 0 Å². The largest absolute Gasteiger partial charge is 0.342 e. The van der Waals surface area contributed by atoms with Gasteiger partial charge in [-0.25, -0.2) is 9.78 Å². The van der Waals surface area contributed by atoms with Gasteiger partial charge in [0.1, 0.15) is 5.82 Å². The Hall–Kier alpha value is -2.82. The standard InChI is InChI=1S/C15H14N4O/c1-10-16-13-8-7-12(9-14(13)17-10)19-15(20)18-11-5-3-2-4-6-11/h2-9H,1H3,(H,16,17)(H2,18,19,20). The number of hydrogen-bond donors (Lipinski definition) is 3. The van der Waals surface area contributed by atoms with Crippen molar-refractivity contribution < 1.29 is 4.79 Å². The fourth-order valence-electron chi connectivity index (χ4n) is 2.03. The zero-order valence-electron chi connectivity index (χ0n) is 11.0. The minimum absolute atomic E-state index is 0.271. The summed E-state index contributed by atoms with van der Waals surface area (Å²) in [4.78, 5) is 19.3. The fraction of sp³-hybridized carbons (Fsp3) is 0.0667. The molecule has 2 aromatic carbocycles. The van der Waals surface area contributed by atoms with Gasteiger partial charge in [-0.2, -0.15) is 0 Å². The van der Waals surface area contributed by atoms with Crippen molar-refractivity contribution in [1.82, 2.24) is 9.97 Å². The number of hydrogen-bond acceptors (Lipinski definition) is 2. The number of fused-ring (bicyclic) bond motifs is 1. The second-order valence-electron chi connectivity index (χ2n) is 4.50. The van der Waals surface area contributed by atoms with Gasteiger partial charge >= 0.3 is 6.03 Å². The van der Waals surface area contributed by atoms with Crippen molar-refractivity contribution in [3.63, 3.8) is 0 Å². The average molecular weight is 266 g/mol. The van der Waals surface area contributed by atoms with E-state index in [2.05, 4.69) is 20.6 Å². The highest BCUT2D eigenvalue weighted by molar-refractivity contribution is 6.00. The molecule has 3 rings (SSSR count). The molecule has 5 heteroatoms. The van der Waals surface area contributed by atoms with Crippen LogP contribution in [0.25, 0.3) is 11.0 Å². The molecule has 0 aliphatic rings. The van der Waals surface area contributed by atoms with Gasteiger partial charge in [0.25, 0.3) is 0 Å². The molecule has 5 nitrogen and oxygen atoms in total. The summed E-state index contributed by atoms with van der Waals surface area (Å²) in [7, 11) is 0. The number of aryl methyl sites for hydroxylation is 1. The number of urea groups is 1. The van der Waals surface area contributed by atoms with Crippen LogP contribution < -0.4 is 10.6 Å². The Morgan fingerprint density at radius 3 is 2.60 bits per heavy atom. The van der Waals surface area contributed by atoms with E-state index in [1.807, 2.05) is 55.5 Å². The van der Waals surface area contributed by atoms with E-state index in [9.17, 15) is 4.79 Å². The number of carbonyl (C=O) groups excluding carboxylic acids is 1. The maximum absolute atomic E-state index is 11.9. The van der Waals surface area contributed by atoms with Gasteiger partial charge in [-0.15, -0.1) is 0 Å². The lowest BCUT2D eigenvalue weighted by Crippen LogP contribution is -2.19. The summed E-state index contributed by atoms with van der Waals surface area (Å²) in [6, 6.07) is 14.6. The number of carbonyl (C=O) groups is 1. The molecule has 0 unspecified atom stereocenters. The van der Waals surface area contributed by atoms with Gasteiger partial charge in [-0.1, -0.05) is 18.2 Å². The van der Waals surface area contributed by atoms with Gasteiger partial charge in [0, 0.05) is 11.4 Å². The normalized spacial score (nSPS) is 10.4. The summed E-state index contributed by atoms with van der Waals surface area (Å²) >= 11 is 0. The molecule has 3 aromatic rings. The van der Waals surface area contributed by atoms with E-state index < -0.39 is 0 Å². The number of aromatic nitrogens is 2. The van der Waals surface area contributed by atoms with Crippen molar-refractivity contribution in [1.29, 1.82) is 0 Å². The van der Waals surface area contributed by atoms with E-state index in [1.54, 1.807) is 0 Å². The number of para-hydroxylation sites is 1. The minimum Gasteiger partial charge on any atom is -0.342 e. The lowest BCUT2D eigenvalue weighted by Gasteiger charge is -2.07. The number of imidazole rings is 1. The van der Waals surface area contributed by atoms with E-state index in [0.717, 1.165) is 28.2 Å². The van der Waals surface area contributed by atoms with Crippen LogP contribution >= 0.6 is 0 Å². The molecule has 100 valence electrons. The number of aromatic amines is 1.